The fourth-order valence-electron chi connectivity index (χ4n) is 6.34. The summed E-state index contributed by atoms with van der Waals surface area (Å²) in [4.78, 5) is 40.6. The van der Waals surface area contributed by atoms with Crippen LogP contribution in [0.3, 0.4) is 0 Å². The highest BCUT2D eigenvalue weighted by Crippen LogP contribution is 2.29. The van der Waals surface area contributed by atoms with Crippen LogP contribution in [-0.4, -0.2) is 62.8 Å². The van der Waals surface area contributed by atoms with Crippen LogP contribution in [0.15, 0.2) is 0 Å². The summed E-state index contributed by atoms with van der Waals surface area (Å²) in [6.45, 7) is 14.1. The number of ether oxygens (including phenoxy) is 3. The fourth-order valence-corrected chi connectivity index (χ4v) is 6.34. The predicted molar refractivity (Wildman–Crippen MR) is 209 cm³/mol. The van der Waals surface area contributed by atoms with Crippen molar-refractivity contribution in [2.24, 2.45) is 10.8 Å². The highest BCUT2D eigenvalue weighted by molar-refractivity contribution is 5.76. The van der Waals surface area contributed by atoms with E-state index >= 15 is 0 Å². The maximum absolute atomic E-state index is 12.9. The third-order valence-corrected chi connectivity index (χ3v) is 10.0. The van der Waals surface area contributed by atoms with Gasteiger partial charge in [0, 0.05) is 6.42 Å². The third-order valence-electron chi connectivity index (χ3n) is 10.0. The van der Waals surface area contributed by atoms with Gasteiger partial charge in [0.1, 0.15) is 6.10 Å². The van der Waals surface area contributed by atoms with Crippen LogP contribution >= 0.6 is 0 Å². The minimum absolute atomic E-state index is 0.142. The Morgan fingerprint density at radius 1 is 0.520 bits per heavy atom. The van der Waals surface area contributed by atoms with E-state index in [1.54, 1.807) is 0 Å². The molecule has 0 saturated carbocycles. The van der Waals surface area contributed by atoms with Gasteiger partial charge in [-0.05, 0) is 106 Å². The Morgan fingerprint density at radius 2 is 0.880 bits per heavy atom. The Kier molecular flexibility index (Phi) is 29.9. The molecule has 0 aromatic carbocycles. The van der Waals surface area contributed by atoms with Crippen molar-refractivity contribution in [1.82, 2.24) is 4.90 Å². The van der Waals surface area contributed by atoms with Crippen LogP contribution in [0.25, 0.3) is 0 Å². The number of unbranched alkanes of at least 4 members (excludes halogenated alkanes) is 16. The second-order valence-corrected chi connectivity index (χ2v) is 16.5. The van der Waals surface area contributed by atoms with Gasteiger partial charge in [-0.1, -0.05) is 117 Å². The average molecular weight is 710 g/mol. The zero-order valence-electron chi connectivity index (χ0n) is 34.5. The largest absolute Gasteiger partial charge is 0.465 e. The molecule has 0 amide bonds. The van der Waals surface area contributed by atoms with E-state index in [4.69, 9.17) is 14.2 Å². The first-order chi connectivity index (χ1) is 23.9. The minimum atomic E-state index is -0.583. The summed E-state index contributed by atoms with van der Waals surface area (Å²) in [7, 11) is 4.00. The first-order valence-electron chi connectivity index (χ1n) is 21.0. The molecule has 7 heteroatoms. The Hall–Kier alpha value is -1.63. The van der Waals surface area contributed by atoms with Crippen molar-refractivity contribution in [3.05, 3.63) is 0 Å². The molecular formula is C43H83NO6. The van der Waals surface area contributed by atoms with Gasteiger partial charge in [-0.15, -0.1) is 0 Å². The number of nitrogens with zero attached hydrogens (tertiary/aromatic N) is 1. The van der Waals surface area contributed by atoms with E-state index in [2.05, 4.69) is 18.7 Å². The quantitative estimate of drug-likeness (QED) is 0.0368. The minimum Gasteiger partial charge on any atom is -0.465 e. The molecule has 0 rings (SSSR count). The number of rotatable bonds is 35. The molecule has 0 atom stereocenters. The van der Waals surface area contributed by atoms with E-state index in [9.17, 15) is 14.4 Å². The monoisotopic (exact) mass is 710 g/mol. The van der Waals surface area contributed by atoms with Crippen LogP contribution in [0.2, 0.25) is 0 Å². The molecule has 7 nitrogen and oxygen atoms in total. The van der Waals surface area contributed by atoms with Crippen molar-refractivity contribution in [1.29, 1.82) is 0 Å². The molecule has 296 valence electrons. The van der Waals surface area contributed by atoms with Crippen LogP contribution in [0.4, 0.5) is 0 Å². The van der Waals surface area contributed by atoms with Crippen molar-refractivity contribution < 1.29 is 28.6 Å². The Balaban J connectivity index is 4.64. The smallest absolute Gasteiger partial charge is 0.311 e. The van der Waals surface area contributed by atoms with Gasteiger partial charge in [-0.3, -0.25) is 14.4 Å². The van der Waals surface area contributed by atoms with Crippen molar-refractivity contribution >= 4 is 17.9 Å². The molecule has 0 unspecified atom stereocenters. The van der Waals surface area contributed by atoms with Gasteiger partial charge in [0.15, 0.2) is 0 Å². The second kappa shape index (κ2) is 30.9. The molecule has 0 radical (unpaired) electrons. The summed E-state index contributed by atoms with van der Waals surface area (Å²) < 4.78 is 17.3. The standard InChI is InChI=1S/C43H83NO6/c1-9-11-13-15-17-19-21-23-25-36-48-40(46)42(3,4)33-27-30-38(50-39(45)32-29-35-44(7)8)31-28-34-43(5,6)41(47)49-37-26-24-22-20-18-16-14-12-10-2/h38H,9-37H2,1-8H3. The lowest BCUT2D eigenvalue weighted by Gasteiger charge is -2.26. The van der Waals surface area contributed by atoms with Gasteiger partial charge in [0.05, 0.1) is 24.0 Å². The van der Waals surface area contributed by atoms with Crippen LogP contribution < -0.4 is 0 Å². The summed E-state index contributed by atoms with van der Waals surface area (Å²) in [5.74, 6) is -0.454. The number of esters is 3. The third kappa shape index (κ3) is 28.0. The summed E-state index contributed by atoms with van der Waals surface area (Å²) in [6.07, 6.45) is 27.4. The number of hydrogen-bond acceptors (Lipinski definition) is 7. The molecule has 0 aromatic heterocycles. The maximum Gasteiger partial charge on any atom is 0.311 e. The highest BCUT2D eigenvalue weighted by atomic mass is 16.5. The lowest BCUT2D eigenvalue weighted by molar-refractivity contribution is -0.155. The highest BCUT2D eigenvalue weighted by Gasteiger charge is 2.31. The summed E-state index contributed by atoms with van der Waals surface area (Å²) in [5.41, 5.74) is -1.17. The fraction of sp³-hybridized carbons (Fsp3) is 0.930. The van der Waals surface area contributed by atoms with Crippen molar-refractivity contribution in [2.45, 2.75) is 215 Å². The molecule has 0 fully saturated rings. The van der Waals surface area contributed by atoms with Crippen molar-refractivity contribution in [3.8, 4) is 0 Å². The number of hydrogen-bond donors (Lipinski definition) is 0. The molecule has 0 aliphatic carbocycles. The van der Waals surface area contributed by atoms with Gasteiger partial charge in [-0.2, -0.15) is 0 Å². The van der Waals surface area contributed by atoms with Crippen LogP contribution in [-0.2, 0) is 28.6 Å². The molecule has 50 heavy (non-hydrogen) atoms. The summed E-state index contributed by atoms with van der Waals surface area (Å²) >= 11 is 0. The molecule has 0 aliphatic rings. The maximum atomic E-state index is 12.9. The molecule has 0 N–H and O–H groups in total. The SMILES string of the molecule is CCCCCCCCCCCOC(=O)C(C)(C)CCCC(CCCC(C)(C)C(=O)OCCCCCCCCCCC)OC(=O)CCCN(C)C. The predicted octanol–water partition coefficient (Wildman–Crippen LogP) is 11.8. The van der Waals surface area contributed by atoms with E-state index in [1.807, 2.05) is 41.8 Å². The molecule has 0 heterocycles. The van der Waals surface area contributed by atoms with E-state index < -0.39 is 10.8 Å². The number of carbonyl (C=O) groups excluding carboxylic acids is 3. The van der Waals surface area contributed by atoms with Crippen molar-refractivity contribution in [2.75, 3.05) is 33.9 Å². The number of carbonyl (C=O) groups is 3. The van der Waals surface area contributed by atoms with Crippen LogP contribution in [0.1, 0.15) is 208 Å². The molecular weight excluding hydrogens is 626 g/mol. The van der Waals surface area contributed by atoms with Crippen LogP contribution in [0.5, 0.6) is 0 Å². The Bertz CT molecular complexity index is 785. The van der Waals surface area contributed by atoms with Gasteiger partial charge in [0.2, 0.25) is 0 Å². The second-order valence-electron chi connectivity index (χ2n) is 16.5. The Labute approximate surface area is 310 Å². The van der Waals surface area contributed by atoms with E-state index in [0.29, 0.717) is 45.3 Å². The summed E-state index contributed by atoms with van der Waals surface area (Å²) in [5, 5.41) is 0. The van der Waals surface area contributed by atoms with Crippen LogP contribution in [0, 0.1) is 10.8 Å². The topological polar surface area (TPSA) is 82.1 Å². The molecule has 0 aliphatic heterocycles. The van der Waals surface area contributed by atoms with Gasteiger partial charge in [0.25, 0.3) is 0 Å². The van der Waals surface area contributed by atoms with Gasteiger partial charge in [-0.25, -0.2) is 0 Å². The lowest BCUT2D eigenvalue weighted by atomic mass is 9.85. The average Bonchev–Trinajstić information content (AvgIpc) is 3.05. The Morgan fingerprint density at radius 3 is 1.24 bits per heavy atom. The molecule has 0 spiro atoms. The van der Waals surface area contributed by atoms with Gasteiger partial charge < -0.3 is 19.1 Å². The van der Waals surface area contributed by atoms with E-state index in [1.165, 1.54) is 89.9 Å². The first-order valence-corrected chi connectivity index (χ1v) is 21.0. The zero-order valence-corrected chi connectivity index (χ0v) is 34.5. The van der Waals surface area contributed by atoms with E-state index in [0.717, 1.165) is 51.5 Å². The van der Waals surface area contributed by atoms with E-state index in [-0.39, 0.29) is 24.0 Å². The molecule has 0 bridgehead atoms. The lowest BCUT2D eigenvalue weighted by Crippen LogP contribution is -2.28. The van der Waals surface area contributed by atoms with Crippen molar-refractivity contribution in [3.63, 3.8) is 0 Å². The summed E-state index contributed by atoms with van der Waals surface area (Å²) in [6, 6.07) is 0. The normalized spacial score (nSPS) is 12.1. The van der Waals surface area contributed by atoms with Gasteiger partial charge >= 0.3 is 17.9 Å². The first kappa shape index (κ1) is 48.4. The molecule has 0 aromatic rings. The zero-order chi connectivity index (χ0) is 37.5. The molecule has 0 saturated heterocycles.